The minimum absolute atomic E-state index is 0.120. The van der Waals surface area contributed by atoms with Crippen LogP contribution in [-0.2, 0) is 11.2 Å². The molecule has 0 heterocycles. The average Bonchev–Trinajstić information content (AvgIpc) is 2.66. The summed E-state index contributed by atoms with van der Waals surface area (Å²) in [6.45, 7) is 3.88. The summed E-state index contributed by atoms with van der Waals surface area (Å²) in [6, 6.07) is 7.48. The van der Waals surface area contributed by atoms with E-state index >= 15 is 0 Å². The molecular weight excluding hydrogens is 228 g/mol. The number of hydrogen-bond acceptors (Lipinski definition) is 3. The molecule has 1 aromatic rings. The van der Waals surface area contributed by atoms with Gasteiger partial charge in [-0.3, -0.25) is 4.79 Å². The molecule has 0 fully saturated rings. The Bertz CT molecular complexity index is 457. The number of aliphatic hydroxyl groups is 1. The highest BCUT2D eigenvalue weighted by Crippen LogP contribution is 2.32. The van der Waals surface area contributed by atoms with Gasteiger partial charge in [0.05, 0.1) is 17.6 Å². The van der Waals surface area contributed by atoms with Crippen LogP contribution in [0.5, 0.6) is 0 Å². The van der Waals surface area contributed by atoms with E-state index in [0.29, 0.717) is 6.42 Å². The van der Waals surface area contributed by atoms with Gasteiger partial charge in [0.15, 0.2) is 0 Å². The second kappa shape index (κ2) is 4.71. The fraction of sp³-hybridized carbons (Fsp3) is 0.500. The van der Waals surface area contributed by atoms with Crippen molar-refractivity contribution in [3.8, 4) is 0 Å². The molecule has 2 atom stereocenters. The van der Waals surface area contributed by atoms with Crippen LogP contribution in [0.4, 0.5) is 0 Å². The highest BCUT2D eigenvalue weighted by Gasteiger charge is 2.35. The van der Waals surface area contributed by atoms with E-state index in [-0.39, 0.29) is 18.5 Å². The van der Waals surface area contributed by atoms with E-state index < -0.39 is 11.5 Å². The summed E-state index contributed by atoms with van der Waals surface area (Å²) in [5.74, 6) is -0.120. The molecule has 0 saturated heterocycles. The van der Waals surface area contributed by atoms with Crippen molar-refractivity contribution < 1.29 is 9.90 Å². The van der Waals surface area contributed by atoms with Crippen LogP contribution in [0.2, 0.25) is 0 Å². The van der Waals surface area contributed by atoms with E-state index in [1.165, 1.54) is 0 Å². The van der Waals surface area contributed by atoms with Crippen molar-refractivity contribution in [3.63, 3.8) is 0 Å². The largest absolute Gasteiger partial charge is 0.390 e. The molecule has 1 aliphatic carbocycles. The molecule has 1 aliphatic rings. The quantitative estimate of drug-likeness (QED) is 0.738. The third-order valence-corrected chi connectivity index (χ3v) is 3.62. The van der Waals surface area contributed by atoms with E-state index in [0.717, 1.165) is 11.1 Å². The van der Waals surface area contributed by atoms with Crippen LogP contribution in [0, 0.1) is 5.41 Å². The maximum Gasteiger partial charge on any atom is 0.227 e. The van der Waals surface area contributed by atoms with Crippen molar-refractivity contribution in [3.05, 3.63) is 35.4 Å². The van der Waals surface area contributed by atoms with Gasteiger partial charge < -0.3 is 16.2 Å². The van der Waals surface area contributed by atoms with E-state index in [2.05, 4.69) is 5.32 Å². The molecule has 4 heteroatoms. The van der Waals surface area contributed by atoms with Crippen LogP contribution in [0.1, 0.15) is 31.0 Å². The maximum absolute atomic E-state index is 12.1. The number of hydrogen-bond donors (Lipinski definition) is 3. The molecule has 18 heavy (non-hydrogen) atoms. The van der Waals surface area contributed by atoms with Gasteiger partial charge in [-0.2, -0.15) is 0 Å². The number of fused-ring (bicyclic) bond motifs is 1. The molecule has 1 aromatic carbocycles. The summed E-state index contributed by atoms with van der Waals surface area (Å²) < 4.78 is 0. The summed E-state index contributed by atoms with van der Waals surface area (Å²) >= 11 is 0. The molecule has 0 aromatic heterocycles. The number of rotatable bonds is 3. The molecule has 0 radical (unpaired) electrons. The van der Waals surface area contributed by atoms with Gasteiger partial charge in [0.2, 0.25) is 5.91 Å². The van der Waals surface area contributed by atoms with E-state index in [4.69, 9.17) is 5.73 Å². The zero-order valence-electron chi connectivity index (χ0n) is 10.8. The van der Waals surface area contributed by atoms with Gasteiger partial charge in [-0.1, -0.05) is 24.3 Å². The normalized spacial score (nSPS) is 22.7. The second-order valence-electron chi connectivity index (χ2n) is 5.51. The predicted octanol–water partition coefficient (Wildman–Crippen LogP) is 0.746. The number of carbonyl (C=O) groups is 1. The highest BCUT2D eigenvalue weighted by atomic mass is 16.3. The Morgan fingerprint density at radius 3 is 2.83 bits per heavy atom. The summed E-state index contributed by atoms with van der Waals surface area (Å²) in [4.78, 5) is 12.1. The fourth-order valence-corrected chi connectivity index (χ4v) is 2.18. The minimum Gasteiger partial charge on any atom is -0.390 e. The second-order valence-corrected chi connectivity index (χ2v) is 5.51. The molecule has 4 nitrogen and oxygen atoms in total. The fourth-order valence-electron chi connectivity index (χ4n) is 2.18. The van der Waals surface area contributed by atoms with Gasteiger partial charge in [-0.15, -0.1) is 0 Å². The molecule has 0 unspecified atom stereocenters. The lowest BCUT2D eigenvalue weighted by Crippen LogP contribution is -2.45. The van der Waals surface area contributed by atoms with Crippen molar-refractivity contribution >= 4 is 5.91 Å². The molecule has 0 bridgehead atoms. The van der Waals surface area contributed by atoms with Crippen LogP contribution < -0.4 is 11.1 Å². The average molecular weight is 248 g/mol. The number of aliphatic hydroxyl groups excluding tert-OH is 1. The monoisotopic (exact) mass is 248 g/mol. The maximum atomic E-state index is 12.1. The Labute approximate surface area is 107 Å². The topological polar surface area (TPSA) is 75.4 Å². The Hall–Kier alpha value is -1.39. The molecule has 0 saturated carbocycles. The summed E-state index contributed by atoms with van der Waals surface area (Å²) in [7, 11) is 0. The minimum atomic E-state index is -0.614. The van der Waals surface area contributed by atoms with Crippen LogP contribution in [0.3, 0.4) is 0 Å². The Balaban J connectivity index is 2.18. The molecule has 4 N–H and O–H groups in total. The van der Waals surface area contributed by atoms with E-state index in [9.17, 15) is 9.90 Å². The van der Waals surface area contributed by atoms with Gasteiger partial charge >= 0.3 is 0 Å². The Morgan fingerprint density at radius 2 is 2.17 bits per heavy atom. The first-order valence-corrected chi connectivity index (χ1v) is 6.22. The first-order valence-electron chi connectivity index (χ1n) is 6.22. The lowest BCUT2D eigenvalue weighted by atomic mass is 9.92. The van der Waals surface area contributed by atoms with Crippen molar-refractivity contribution in [1.82, 2.24) is 5.32 Å². The van der Waals surface area contributed by atoms with Crippen molar-refractivity contribution in [1.29, 1.82) is 0 Å². The van der Waals surface area contributed by atoms with Crippen LogP contribution in [-0.4, -0.2) is 23.7 Å². The zero-order chi connectivity index (χ0) is 13.3. The van der Waals surface area contributed by atoms with Gasteiger partial charge in [-0.25, -0.2) is 0 Å². The zero-order valence-corrected chi connectivity index (χ0v) is 10.8. The van der Waals surface area contributed by atoms with Crippen LogP contribution in [0.15, 0.2) is 24.3 Å². The van der Waals surface area contributed by atoms with Crippen LogP contribution in [0.25, 0.3) is 0 Å². The Morgan fingerprint density at radius 1 is 1.50 bits per heavy atom. The SMILES string of the molecule is CC(C)(CN)C(=O)N[C@H]1c2ccccc2C[C@H]1O. The van der Waals surface area contributed by atoms with Crippen molar-refractivity contribution in [2.24, 2.45) is 11.1 Å². The smallest absolute Gasteiger partial charge is 0.227 e. The highest BCUT2D eigenvalue weighted by molar-refractivity contribution is 5.82. The summed E-state index contributed by atoms with van der Waals surface area (Å²) in [6.07, 6.45) is 0.0318. The van der Waals surface area contributed by atoms with Crippen molar-refractivity contribution in [2.45, 2.75) is 32.4 Å². The summed E-state index contributed by atoms with van der Waals surface area (Å²) in [5.41, 5.74) is 7.08. The number of nitrogens with one attached hydrogen (secondary N) is 1. The lowest BCUT2D eigenvalue weighted by Gasteiger charge is -2.26. The lowest BCUT2D eigenvalue weighted by molar-refractivity contribution is -0.130. The van der Waals surface area contributed by atoms with Gasteiger partial charge in [-0.05, 0) is 25.0 Å². The van der Waals surface area contributed by atoms with E-state index in [1.807, 2.05) is 24.3 Å². The first kappa shape index (κ1) is 13.1. The standard InChI is InChI=1S/C14H20N2O2/c1-14(2,8-15)13(18)16-12-10-6-4-3-5-9(10)7-11(12)17/h3-6,11-12,17H,7-8,15H2,1-2H3,(H,16,18)/t11-,12+/m1/s1. The molecule has 2 rings (SSSR count). The number of benzene rings is 1. The van der Waals surface area contributed by atoms with Gasteiger partial charge in [0, 0.05) is 13.0 Å². The van der Waals surface area contributed by atoms with Crippen molar-refractivity contribution in [2.75, 3.05) is 6.54 Å². The third kappa shape index (κ3) is 2.26. The number of nitrogens with two attached hydrogens (primary N) is 1. The molecular formula is C14H20N2O2. The molecule has 0 spiro atoms. The van der Waals surface area contributed by atoms with Gasteiger partial charge in [0.1, 0.15) is 0 Å². The van der Waals surface area contributed by atoms with Gasteiger partial charge in [0.25, 0.3) is 0 Å². The Kier molecular flexibility index (Phi) is 3.41. The molecule has 0 aliphatic heterocycles. The molecule has 98 valence electrons. The van der Waals surface area contributed by atoms with E-state index in [1.54, 1.807) is 13.8 Å². The number of carbonyl (C=O) groups excluding carboxylic acids is 1. The summed E-state index contributed by atoms with van der Waals surface area (Å²) in [5, 5.41) is 13.0. The van der Waals surface area contributed by atoms with Crippen LogP contribution >= 0.6 is 0 Å². The first-order chi connectivity index (χ1) is 8.45. The molecule has 1 amide bonds. The third-order valence-electron chi connectivity index (χ3n) is 3.62. The number of amides is 1. The predicted molar refractivity (Wildman–Crippen MR) is 69.9 cm³/mol.